The Morgan fingerprint density at radius 1 is 1.39 bits per heavy atom. The third-order valence-corrected chi connectivity index (χ3v) is 3.54. The first-order valence-corrected chi connectivity index (χ1v) is 6.38. The number of halogens is 2. The van der Waals surface area contributed by atoms with E-state index in [9.17, 15) is 8.78 Å². The van der Waals surface area contributed by atoms with Crippen LogP contribution in [0, 0.1) is 11.7 Å². The number of nitrogens with one attached hydrogen (secondary N) is 1. The molecule has 1 aliphatic rings. The average Bonchev–Trinajstić information content (AvgIpc) is 2.40. The lowest BCUT2D eigenvalue weighted by Gasteiger charge is -2.25. The van der Waals surface area contributed by atoms with Gasteiger partial charge in [0.15, 0.2) is 11.6 Å². The Bertz CT molecular complexity index is 391. The molecule has 0 spiro atoms. The molecule has 1 aromatic rings. The molecule has 0 aliphatic carbocycles. The van der Waals surface area contributed by atoms with Gasteiger partial charge in [-0.15, -0.1) is 0 Å². The Balaban J connectivity index is 1.97. The summed E-state index contributed by atoms with van der Waals surface area (Å²) in [4.78, 5) is 0. The standard InChI is InChI=1S/C14H19F2NO/c1-18-14-3-2-10(9-13(14)16)8-12(15)11-4-6-17-7-5-11/h2-3,9,11-12,17H,4-8H2,1H3. The summed E-state index contributed by atoms with van der Waals surface area (Å²) in [5, 5.41) is 3.21. The molecule has 100 valence electrons. The van der Waals surface area contributed by atoms with Crippen LogP contribution in [0.4, 0.5) is 8.78 Å². The molecular formula is C14H19F2NO. The van der Waals surface area contributed by atoms with E-state index in [1.807, 2.05) is 0 Å². The molecule has 0 aromatic heterocycles. The fourth-order valence-electron chi connectivity index (χ4n) is 2.43. The Morgan fingerprint density at radius 3 is 2.72 bits per heavy atom. The lowest BCUT2D eigenvalue weighted by atomic mass is 9.89. The molecule has 2 rings (SSSR count). The Morgan fingerprint density at radius 2 is 2.11 bits per heavy atom. The first-order chi connectivity index (χ1) is 8.70. The second-order valence-electron chi connectivity index (χ2n) is 4.78. The summed E-state index contributed by atoms with van der Waals surface area (Å²) in [5.74, 6) is -0.125. The zero-order valence-corrected chi connectivity index (χ0v) is 10.6. The Kier molecular flexibility index (Phi) is 4.53. The summed E-state index contributed by atoms with van der Waals surface area (Å²) in [6.07, 6.45) is 1.12. The predicted octanol–water partition coefficient (Wildman–Crippen LogP) is 2.71. The molecule has 4 heteroatoms. The molecule has 0 saturated carbocycles. The van der Waals surface area contributed by atoms with Crippen LogP contribution in [0.5, 0.6) is 5.75 Å². The van der Waals surface area contributed by atoms with Crippen LogP contribution in [0.2, 0.25) is 0 Å². The number of piperidine rings is 1. The summed E-state index contributed by atoms with van der Waals surface area (Å²) < 4.78 is 32.4. The molecule has 1 aromatic carbocycles. The largest absolute Gasteiger partial charge is 0.494 e. The molecule has 2 nitrogen and oxygen atoms in total. The molecule has 0 bridgehead atoms. The van der Waals surface area contributed by atoms with Crippen LogP contribution >= 0.6 is 0 Å². The smallest absolute Gasteiger partial charge is 0.165 e. The van der Waals surface area contributed by atoms with Gasteiger partial charge in [0.05, 0.1) is 7.11 Å². The highest BCUT2D eigenvalue weighted by atomic mass is 19.1. The second-order valence-corrected chi connectivity index (χ2v) is 4.78. The van der Waals surface area contributed by atoms with Crippen LogP contribution in [0.25, 0.3) is 0 Å². The van der Waals surface area contributed by atoms with Gasteiger partial charge < -0.3 is 10.1 Å². The molecule has 18 heavy (non-hydrogen) atoms. The van der Waals surface area contributed by atoms with E-state index in [1.165, 1.54) is 13.2 Å². The SMILES string of the molecule is COc1ccc(CC(F)C2CCNCC2)cc1F. The highest BCUT2D eigenvalue weighted by molar-refractivity contribution is 5.29. The second kappa shape index (κ2) is 6.14. The van der Waals surface area contributed by atoms with Gasteiger partial charge in [-0.05, 0) is 49.5 Å². The molecule has 1 fully saturated rings. The van der Waals surface area contributed by atoms with Crippen LogP contribution in [-0.4, -0.2) is 26.4 Å². The van der Waals surface area contributed by atoms with Gasteiger partial charge in [0.1, 0.15) is 6.17 Å². The minimum Gasteiger partial charge on any atom is -0.494 e. The lowest BCUT2D eigenvalue weighted by molar-refractivity contribution is 0.187. The molecule has 1 atom stereocenters. The van der Waals surface area contributed by atoms with E-state index < -0.39 is 12.0 Å². The lowest BCUT2D eigenvalue weighted by Crippen LogP contribution is -2.33. The minimum absolute atomic E-state index is 0.0939. The van der Waals surface area contributed by atoms with Crippen molar-refractivity contribution in [2.24, 2.45) is 5.92 Å². The van der Waals surface area contributed by atoms with Crippen LogP contribution in [0.15, 0.2) is 18.2 Å². The zero-order chi connectivity index (χ0) is 13.0. The molecule has 1 unspecified atom stereocenters. The van der Waals surface area contributed by atoms with Gasteiger partial charge in [-0.3, -0.25) is 0 Å². The number of hydrogen-bond acceptors (Lipinski definition) is 2. The third-order valence-electron chi connectivity index (χ3n) is 3.54. The average molecular weight is 255 g/mol. The van der Waals surface area contributed by atoms with Crippen LogP contribution in [-0.2, 0) is 6.42 Å². The van der Waals surface area contributed by atoms with Crippen molar-refractivity contribution in [2.75, 3.05) is 20.2 Å². The van der Waals surface area contributed by atoms with Crippen LogP contribution in [0.1, 0.15) is 18.4 Å². The molecule has 0 amide bonds. The Labute approximate surface area is 106 Å². The number of rotatable bonds is 4. The van der Waals surface area contributed by atoms with Crippen molar-refractivity contribution in [1.29, 1.82) is 0 Å². The molecule has 1 N–H and O–H groups in total. The normalized spacial score (nSPS) is 18.6. The summed E-state index contributed by atoms with van der Waals surface area (Å²) in [6, 6.07) is 4.65. The van der Waals surface area contributed by atoms with Gasteiger partial charge >= 0.3 is 0 Å². The molecule has 1 aliphatic heterocycles. The van der Waals surface area contributed by atoms with E-state index in [0.717, 1.165) is 25.9 Å². The fraction of sp³-hybridized carbons (Fsp3) is 0.571. The van der Waals surface area contributed by atoms with E-state index in [0.29, 0.717) is 5.56 Å². The van der Waals surface area contributed by atoms with Crippen molar-refractivity contribution >= 4 is 0 Å². The molecular weight excluding hydrogens is 236 g/mol. The van der Waals surface area contributed by atoms with E-state index in [1.54, 1.807) is 12.1 Å². The Hall–Kier alpha value is -1.16. The van der Waals surface area contributed by atoms with Gasteiger partial charge in [0, 0.05) is 6.42 Å². The molecule has 1 saturated heterocycles. The van der Waals surface area contributed by atoms with Crippen LogP contribution < -0.4 is 10.1 Å². The van der Waals surface area contributed by atoms with E-state index in [4.69, 9.17) is 4.74 Å². The molecule has 1 heterocycles. The maximum absolute atomic E-state index is 14.1. The van der Waals surface area contributed by atoms with Gasteiger partial charge in [-0.2, -0.15) is 0 Å². The van der Waals surface area contributed by atoms with Gasteiger partial charge in [0.25, 0.3) is 0 Å². The zero-order valence-electron chi connectivity index (χ0n) is 10.6. The van der Waals surface area contributed by atoms with Gasteiger partial charge in [0.2, 0.25) is 0 Å². The summed E-state index contributed by atoms with van der Waals surface area (Å²) in [5.41, 5.74) is 0.694. The maximum Gasteiger partial charge on any atom is 0.165 e. The highest BCUT2D eigenvalue weighted by Crippen LogP contribution is 2.24. The predicted molar refractivity (Wildman–Crippen MR) is 67.1 cm³/mol. The van der Waals surface area contributed by atoms with Crippen molar-refractivity contribution in [1.82, 2.24) is 5.32 Å². The number of hydrogen-bond donors (Lipinski definition) is 1. The van der Waals surface area contributed by atoms with Crippen molar-refractivity contribution in [3.8, 4) is 5.75 Å². The van der Waals surface area contributed by atoms with Crippen molar-refractivity contribution in [3.63, 3.8) is 0 Å². The van der Waals surface area contributed by atoms with Gasteiger partial charge in [-0.1, -0.05) is 6.07 Å². The fourth-order valence-corrected chi connectivity index (χ4v) is 2.43. The van der Waals surface area contributed by atoms with Gasteiger partial charge in [-0.25, -0.2) is 8.78 Å². The third kappa shape index (κ3) is 3.19. The number of ether oxygens (including phenoxy) is 1. The summed E-state index contributed by atoms with van der Waals surface area (Å²) in [7, 11) is 1.42. The van der Waals surface area contributed by atoms with E-state index in [2.05, 4.69) is 5.32 Å². The first kappa shape index (κ1) is 13.3. The number of methoxy groups -OCH3 is 1. The summed E-state index contributed by atoms with van der Waals surface area (Å²) >= 11 is 0. The number of benzene rings is 1. The van der Waals surface area contributed by atoms with Crippen molar-refractivity contribution in [3.05, 3.63) is 29.6 Å². The van der Waals surface area contributed by atoms with Crippen molar-refractivity contribution < 1.29 is 13.5 Å². The van der Waals surface area contributed by atoms with E-state index in [-0.39, 0.29) is 18.1 Å². The molecule has 0 radical (unpaired) electrons. The topological polar surface area (TPSA) is 21.3 Å². The minimum atomic E-state index is -0.889. The van der Waals surface area contributed by atoms with E-state index >= 15 is 0 Å². The summed E-state index contributed by atoms with van der Waals surface area (Å²) in [6.45, 7) is 1.75. The number of alkyl halides is 1. The quantitative estimate of drug-likeness (QED) is 0.893. The van der Waals surface area contributed by atoms with Crippen LogP contribution in [0.3, 0.4) is 0 Å². The first-order valence-electron chi connectivity index (χ1n) is 6.38. The maximum atomic E-state index is 14.1. The highest BCUT2D eigenvalue weighted by Gasteiger charge is 2.23. The monoisotopic (exact) mass is 255 g/mol. The van der Waals surface area contributed by atoms with Crippen molar-refractivity contribution in [2.45, 2.75) is 25.4 Å².